The Bertz CT molecular complexity index is 468. The summed E-state index contributed by atoms with van der Waals surface area (Å²) in [5.41, 5.74) is 2.55. The second kappa shape index (κ2) is 5.25. The van der Waals surface area contributed by atoms with Gasteiger partial charge in [0, 0.05) is 22.5 Å². The first-order valence-corrected chi connectivity index (χ1v) is 6.09. The lowest BCUT2D eigenvalue weighted by molar-refractivity contribution is 1.04. The molecule has 1 heterocycles. The van der Waals surface area contributed by atoms with Gasteiger partial charge in [-0.2, -0.15) is 0 Å². The highest BCUT2D eigenvalue weighted by Gasteiger charge is 1.98. The van der Waals surface area contributed by atoms with Crippen molar-refractivity contribution < 1.29 is 0 Å². The number of hydrogen-bond acceptors (Lipinski definition) is 3. The molecule has 1 aromatic heterocycles. The Labute approximate surface area is 108 Å². The summed E-state index contributed by atoms with van der Waals surface area (Å²) >= 11 is 2.19. The lowest BCUT2D eigenvalue weighted by Gasteiger charge is -2.07. The fraction of sp³-hybridized carbons (Fsp3) is 0.167. The number of nitrogens with one attached hydrogen (secondary N) is 1. The van der Waals surface area contributed by atoms with E-state index >= 15 is 0 Å². The van der Waals surface area contributed by atoms with Crippen LogP contribution in [0.5, 0.6) is 0 Å². The van der Waals surface area contributed by atoms with Gasteiger partial charge in [-0.1, -0.05) is 24.3 Å². The van der Waals surface area contributed by atoms with Gasteiger partial charge >= 0.3 is 0 Å². The molecule has 0 bridgehead atoms. The van der Waals surface area contributed by atoms with Crippen molar-refractivity contribution in [2.75, 3.05) is 5.32 Å². The Morgan fingerprint density at radius 3 is 2.56 bits per heavy atom. The number of anilines is 1. The molecule has 1 aromatic carbocycles. The monoisotopic (exact) mass is 325 g/mol. The largest absolute Gasteiger partial charge is 0.350 e. The van der Waals surface area contributed by atoms with Gasteiger partial charge in [0.1, 0.15) is 0 Å². The third-order valence-corrected chi connectivity index (χ3v) is 2.88. The minimum Gasteiger partial charge on any atom is -0.350 e. The van der Waals surface area contributed by atoms with Crippen molar-refractivity contribution in [3.8, 4) is 0 Å². The summed E-state index contributed by atoms with van der Waals surface area (Å²) in [6.07, 6.45) is 3.60. The van der Waals surface area contributed by atoms with E-state index in [-0.39, 0.29) is 0 Å². The average molecular weight is 325 g/mol. The summed E-state index contributed by atoms with van der Waals surface area (Å²) in [5.74, 6) is 0.670. The maximum atomic E-state index is 4.19. The van der Waals surface area contributed by atoms with Gasteiger partial charge in [-0.3, -0.25) is 0 Å². The fourth-order valence-corrected chi connectivity index (χ4v) is 1.66. The number of hydrogen-bond donors (Lipinski definition) is 1. The summed E-state index contributed by atoms with van der Waals surface area (Å²) in [6, 6.07) is 8.29. The van der Waals surface area contributed by atoms with Gasteiger partial charge < -0.3 is 5.32 Å². The number of nitrogens with zero attached hydrogens (tertiary/aromatic N) is 2. The van der Waals surface area contributed by atoms with Gasteiger partial charge in [0.2, 0.25) is 5.95 Å². The molecular weight excluding hydrogens is 313 g/mol. The molecule has 4 heteroatoms. The third kappa shape index (κ3) is 2.91. The van der Waals surface area contributed by atoms with E-state index in [1.54, 1.807) is 12.4 Å². The van der Waals surface area contributed by atoms with Crippen LogP contribution in [0.2, 0.25) is 0 Å². The van der Waals surface area contributed by atoms with Crippen molar-refractivity contribution in [2.24, 2.45) is 0 Å². The van der Waals surface area contributed by atoms with Gasteiger partial charge in [0.15, 0.2) is 0 Å². The number of benzene rings is 1. The molecule has 3 nitrogen and oxygen atoms in total. The van der Waals surface area contributed by atoms with Crippen LogP contribution in [-0.2, 0) is 6.54 Å². The highest BCUT2D eigenvalue weighted by Crippen LogP contribution is 2.09. The second-order valence-corrected chi connectivity index (χ2v) is 4.75. The molecule has 0 spiro atoms. The molecule has 2 aromatic rings. The van der Waals surface area contributed by atoms with Crippen LogP contribution in [0, 0.1) is 10.5 Å². The van der Waals surface area contributed by atoms with Crippen molar-refractivity contribution in [1.29, 1.82) is 0 Å². The lowest BCUT2D eigenvalue weighted by Crippen LogP contribution is -2.04. The van der Waals surface area contributed by atoms with E-state index in [0.717, 1.165) is 10.1 Å². The predicted octanol–water partition coefficient (Wildman–Crippen LogP) is 3.00. The molecular formula is C12H12IN3. The molecule has 0 saturated heterocycles. The molecule has 16 heavy (non-hydrogen) atoms. The summed E-state index contributed by atoms with van der Waals surface area (Å²) in [7, 11) is 0. The van der Waals surface area contributed by atoms with Crippen LogP contribution in [0.15, 0.2) is 36.7 Å². The van der Waals surface area contributed by atoms with Crippen LogP contribution in [0.4, 0.5) is 5.95 Å². The molecule has 0 amide bonds. The van der Waals surface area contributed by atoms with Crippen molar-refractivity contribution in [3.05, 3.63) is 51.4 Å². The summed E-state index contributed by atoms with van der Waals surface area (Å²) in [5, 5.41) is 3.20. The average Bonchev–Trinajstić information content (AvgIpc) is 2.30. The molecule has 0 unspecified atom stereocenters. The molecule has 1 N–H and O–H groups in total. The summed E-state index contributed by atoms with van der Waals surface area (Å²) < 4.78 is 1.04. The zero-order valence-electron chi connectivity index (χ0n) is 8.94. The topological polar surface area (TPSA) is 37.8 Å². The zero-order valence-corrected chi connectivity index (χ0v) is 11.1. The van der Waals surface area contributed by atoms with E-state index in [9.17, 15) is 0 Å². The minimum absolute atomic E-state index is 0.670. The first kappa shape index (κ1) is 11.3. The molecule has 0 atom stereocenters. The molecule has 0 saturated carbocycles. The molecule has 0 fully saturated rings. The maximum absolute atomic E-state index is 4.19. The van der Waals surface area contributed by atoms with E-state index in [0.29, 0.717) is 5.95 Å². The number of aryl methyl sites for hydroxylation is 1. The zero-order chi connectivity index (χ0) is 11.4. The first-order valence-electron chi connectivity index (χ1n) is 5.01. The second-order valence-electron chi connectivity index (χ2n) is 3.50. The van der Waals surface area contributed by atoms with Gasteiger partial charge in [-0.05, 0) is 40.6 Å². The Kier molecular flexibility index (Phi) is 3.71. The molecule has 0 aliphatic heterocycles. The minimum atomic E-state index is 0.670. The smallest absolute Gasteiger partial charge is 0.222 e. The van der Waals surface area contributed by atoms with Crippen molar-refractivity contribution in [1.82, 2.24) is 9.97 Å². The standard InChI is InChI=1S/C12H12IN3/c1-9-4-2-3-5-10(9)6-14-12-15-7-11(13)8-16-12/h2-5,7-8H,6H2,1H3,(H,14,15,16). The van der Waals surface area contributed by atoms with E-state index in [4.69, 9.17) is 0 Å². The molecule has 2 rings (SSSR count). The van der Waals surface area contributed by atoms with Gasteiger partial charge in [-0.25, -0.2) is 9.97 Å². The van der Waals surface area contributed by atoms with Crippen LogP contribution >= 0.6 is 22.6 Å². The van der Waals surface area contributed by atoms with Gasteiger partial charge in [0.25, 0.3) is 0 Å². The number of halogens is 1. The maximum Gasteiger partial charge on any atom is 0.222 e. The number of aromatic nitrogens is 2. The van der Waals surface area contributed by atoms with Crippen LogP contribution < -0.4 is 5.32 Å². The summed E-state index contributed by atoms with van der Waals surface area (Å²) in [4.78, 5) is 8.39. The SMILES string of the molecule is Cc1ccccc1CNc1ncc(I)cn1. The Morgan fingerprint density at radius 2 is 1.88 bits per heavy atom. The predicted molar refractivity (Wildman–Crippen MR) is 73.3 cm³/mol. The van der Waals surface area contributed by atoms with E-state index in [1.807, 2.05) is 12.1 Å². The van der Waals surface area contributed by atoms with Crippen molar-refractivity contribution in [2.45, 2.75) is 13.5 Å². The van der Waals surface area contributed by atoms with E-state index in [2.05, 4.69) is 56.9 Å². The Balaban J connectivity index is 2.02. The fourth-order valence-electron chi connectivity index (χ4n) is 1.39. The van der Waals surface area contributed by atoms with Crippen LogP contribution in [-0.4, -0.2) is 9.97 Å². The van der Waals surface area contributed by atoms with Crippen LogP contribution in [0.3, 0.4) is 0 Å². The van der Waals surface area contributed by atoms with Crippen LogP contribution in [0.1, 0.15) is 11.1 Å². The highest BCUT2D eigenvalue weighted by atomic mass is 127. The Hall–Kier alpha value is -1.17. The van der Waals surface area contributed by atoms with E-state index in [1.165, 1.54) is 11.1 Å². The Morgan fingerprint density at radius 1 is 1.19 bits per heavy atom. The van der Waals surface area contributed by atoms with Gasteiger partial charge in [-0.15, -0.1) is 0 Å². The van der Waals surface area contributed by atoms with Gasteiger partial charge in [0.05, 0.1) is 0 Å². The molecule has 82 valence electrons. The molecule has 0 aliphatic carbocycles. The first-order chi connectivity index (χ1) is 7.75. The normalized spacial score (nSPS) is 10.1. The van der Waals surface area contributed by atoms with Crippen LogP contribution in [0.25, 0.3) is 0 Å². The third-order valence-electron chi connectivity index (χ3n) is 2.32. The molecule has 0 aliphatic rings. The highest BCUT2D eigenvalue weighted by molar-refractivity contribution is 14.1. The molecule has 0 radical (unpaired) electrons. The number of rotatable bonds is 3. The van der Waals surface area contributed by atoms with Crippen molar-refractivity contribution in [3.63, 3.8) is 0 Å². The summed E-state index contributed by atoms with van der Waals surface area (Å²) in [6.45, 7) is 2.86. The van der Waals surface area contributed by atoms with Crippen molar-refractivity contribution >= 4 is 28.5 Å². The quantitative estimate of drug-likeness (QED) is 0.882. The lowest BCUT2D eigenvalue weighted by atomic mass is 10.1. The van der Waals surface area contributed by atoms with E-state index < -0.39 is 0 Å².